The summed E-state index contributed by atoms with van der Waals surface area (Å²) in [7, 11) is 0. The molecule has 0 aliphatic carbocycles. The molecular formula is C14H21N3OS. The van der Waals surface area contributed by atoms with Crippen LogP contribution in [0.5, 0.6) is 0 Å². The van der Waals surface area contributed by atoms with Gasteiger partial charge in [-0.15, -0.1) is 17.9 Å². The third kappa shape index (κ3) is 4.76. The molecule has 2 heterocycles. The van der Waals surface area contributed by atoms with Crippen molar-refractivity contribution in [2.45, 2.75) is 32.2 Å². The summed E-state index contributed by atoms with van der Waals surface area (Å²) < 4.78 is 0. The van der Waals surface area contributed by atoms with E-state index < -0.39 is 0 Å². The number of nitrogens with one attached hydrogen (secondary N) is 1. The Labute approximate surface area is 118 Å². The first-order chi connectivity index (χ1) is 9.28. The molecule has 0 bridgehead atoms. The SMILES string of the molecule is C=CCNC(=O)Cc1csc(CN2CCCCC2)n1. The van der Waals surface area contributed by atoms with Gasteiger partial charge in [0.15, 0.2) is 0 Å². The quantitative estimate of drug-likeness (QED) is 0.810. The number of likely N-dealkylation sites (tertiary alicyclic amines) is 1. The minimum absolute atomic E-state index is 0.00900. The first-order valence-corrected chi connectivity index (χ1v) is 7.69. The number of carbonyl (C=O) groups is 1. The summed E-state index contributed by atoms with van der Waals surface area (Å²) in [6.07, 6.45) is 5.98. The number of aromatic nitrogens is 1. The van der Waals surface area contributed by atoms with Gasteiger partial charge in [0.25, 0.3) is 0 Å². The fourth-order valence-corrected chi connectivity index (χ4v) is 3.06. The molecule has 1 saturated heterocycles. The van der Waals surface area contributed by atoms with E-state index in [9.17, 15) is 4.79 Å². The summed E-state index contributed by atoms with van der Waals surface area (Å²) >= 11 is 1.66. The van der Waals surface area contributed by atoms with Crippen LogP contribution in [0.3, 0.4) is 0 Å². The van der Waals surface area contributed by atoms with Gasteiger partial charge in [0, 0.05) is 11.9 Å². The largest absolute Gasteiger partial charge is 0.352 e. The molecule has 0 unspecified atom stereocenters. The van der Waals surface area contributed by atoms with Gasteiger partial charge >= 0.3 is 0 Å². The number of piperidine rings is 1. The van der Waals surface area contributed by atoms with Crippen molar-refractivity contribution in [3.8, 4) is 0 Å². The summed E-state index contributed by atoms with van der Waals surface area (Å²) in [5.41, 5.74) is 0.874. The Morgan fingerprint density at radius 3 is 3.00 bits per heavy atom. The van der Waals surface area contributed by atoms with E-state index in [1.807, 2.05) is 5.38 Å². The number of thiazole rings is 1. The monoisotopic (exact) mass is 279 g/mol. The average molecular weight is 279 g/mol. The van der Waals surface area contributed by atoms with Crippen molar-refractivity contribution in [2.75, 3.05) is 19.6 Å². The lowest BCUT2D eigenvalue weighted by Crippen LogP contribution is -2.29. The standard InChI is InChI=1S/C14H21N3OS/c1-2-6-15-13(18)9-12-11-19-14(16-12)10-17-7-4-3-5-8-17/h2,11H,1,3-10H2,(H,15,18). The Kier molecular flexibility index (Phi) is 5.54. The minimum atomic E-state index is 0.00900. The molecule has 0 aromatic carbocycles. The van der Waals surface area contributed by atoms with E-state index in [1.54, 1.807) is 17.4 Å². The predicted octanol–water partition coefficient (Wildman–Crippen LogP) is 1.97. The van der Waals surface area contributed by atoms with Gasteiger partial charge in [-0.1, -0.05) is 12.5 Å². The number of amides is 1. The van der Waals surface area contributed by atoms with Gasteiger partial charge in [-0.3, -0.25) is 9.69 Å². The molecule has 0 radical (unpaired) electrons. The Morgan fingerprint density at radius 2 is 2.26 bits per heavy atom. The zero-order chi connectivity index (χ0) is 13.5. The molecule has 0 atom stereocenters. The molecule has 0 saturated carbocycles. The lowest BCUT2D eigenvalue weighted by atomic mass is 10.1. The van der Waals surface area contributed by atoms with Gasteiger partial charge < -0.3 is 5.32 Å². The summed E-state index contributed by atoms with van der Waals surface area (Å²) in [6, 6.07) is 0. The highest BCUT2D eigenvalue weighted by Gasteiger charge is 2.13. The van der Waals surface area contributed by atoms with Crippen molar-refractivity contribution in [3.05, 3.63) is 28.7 Å². The van der Waals surface area contributed by atoms with Crippen LogP contribution in [-0.4, -0.2) is 35.4 Å². The highest BCUT2D eigenvalue weighted by atomic mass is 32.1. The zero-order valence-corrected chi connectivity index (χ0v) is 12.0. The second kappa shape index (κ2) is 7.40. The molecule has 1 aliphatic rings. The zero-order valence-electron chi connectivity index (χ0n) is 11.2. The van der Waals surface area contributed by atoms with Crippen molar-refractivity contribution < 1.29 is 4.79 Å². The van der Waals surface area contributed by atoms with E-state index >= 15 is 0 Å². The first kappa shape index (κ1) is 14.2. The third-order valence-electron chi connectivity index (χ3n) is 3.19. The van der Waals surface area contributed by atoms with Gasteiger partial charge in [-0.2, -0.15) is 0 Å². The van der Waals surface area contributed by atoms with Crippen LogP contribution in [-0.2, 0) is 17.8 Å². The lowest BCUT2D eigenvalue weighted by Gasteiger charge is -2.25. The van der Waals surface area contributed by atoms with Gasteiger partial charge in [0.05, 0.1) is 18.7 Å². The fraction of sp³-hybridized carbons (Fsp3) is 0.571. The minimum Gasteiger partial charge on any atom is -0.352 e. The van der Waals surface area contributed by atoms with Crippen LogP contribution in [0.2, 0.25) is 0 Å². The number of hydrogen-bond acceptors (Lipinski definition) is 4. The van der Waals surface area contributed by atoms with E-state index in [1.165, 1.54) is 32.4 Å². The molecule has 104 valence electrons. The maximum absolute atomic E-state index is 11.6. The molecule has 1 aromatic heterocycles. The molecule has 1 aromatic rings. The van der Waals surface area contributed by atoms with Crippen LogP contribution < -0.4 is 5.32 Å². The van der Waals surface area contributed by atoms with E-state index in [2.05, 4.69) is 21.8 Å². The van der Waals surface area contributed by atoms with Crippen molar-refractivity contribution in [1.82, 2.24) is 15.2 Å². The molecule has 1 amide bonds. The van der Waals surface area contributed by atoms with Crippen molar-refractivity contribution >= 4 is 17.2 Å². The maximum Gasteiger partial charge on any atom is 0.226 e. The van der Waals surface area contributed by atoms with Crippen molar-refractivity contribution in [2.24, 2.45) is 0 Å². The topological polar surface area (TPSA) is 45.2 Å². The van der Waals surface area contributed by atoms with E-state index in [0.717, 1.165) is 17.2 Å². The van der Waals surface area contributed by atoms with E-state index in [0.29, 0.717) is 13.0 Å². The molecule has 1 fully saturated rings. The Morgan fingerprint density at radius 1 is 1.47 bits per heavy atom. The summed E-state index contributed by atoms with van der Waals surface area (Å²) in [5, 5.41) is 5.88. The summed E-state index contributed by atoms with van der Waals surface area (Å²) in [4.78, 5) is 18.6. The van der Waals surface area contributed by atoms with Gasteiger partial charge in [-0.25, -0.2) is 4.98 Å². The highest BCUT2D eigenvalue weighted by molar-refractivity contribution is 7.09. The average Bonchev–Trinajstić information content (AvgIpc) is 2.85. The van der Waals surface area contributed by atoms with Gasteiger partial charge in [0.1, 0.15) is 5.01 Å². The number of nitrogens with zero attached hydrogens (tertiary/aromatic N) is 2. The third-order valence-corrected chi connectivity index (χ3v) is 4.07. The second-order valence-corrected chi connectivity index (χ2v) is 5.78. The van der Waals surface area contributed by atoms with Crippen LogP contribution >= 0.6 is 11.3 Å². The molecule has 5 heteroatoms. The predicted molar refractivity (Wildman–Crippen MR) is 78.2 cm³/mol. The van der Waals surface area contributed by atoms with Crippen molar-refractivity contribution in [1.29, 1.82) is 0 Å². The van der Waals surface area contributed by atoms with Gasteiger partial charge in [0.2, 0.25) is 5.91 Å². The highest BCUT2D eigenvalue weighted by Crippen LogP contribution is 2.16. The molecule has 0 spiro atoms. The molecule has 1 aliphatic heterocycles. The van der Waals surface area contributed by atoms with Crippen LogP contribution in [0.4, 0.5) is 0 Å². The Balaban J connectivity index is 1.80. The molecule has 1 N–H and O–H groups in total. The second-order valence-electron chi connectivity index (χ2n) is 4.84. The Bertz CT molecular complexity index is 424. The van der Waals surface area contributed by atoms with Gasteiger partial charge in [-0.05, 0) is 25.9 Å². The van der Waals surface area contributed by atoms with Crippen LogP contribution in [0.25, 0.3) is 0 Å². The first-order valence-electron chi connectivity index (χ1n) is 6.81. The van der Waals surface area contributed by atoms with Crippen LogP contribution in [0.1, 0.15) is 30.0 Å². The van der Waals surface area contributed by atoms with Crippen molar-refractivity contribution in [3.63, 3.8) is 0 Å². The van der Waals surface area contributed by atoms with E-state index in [4.69, 9.17) is 0 Å². The number of rotatable bonds is 6. The number of carbonyl (C=O) groups excluding carboxylic acids is 1. The molecular weight excluding hydrogens is 258 g/mol. The molecule has 2 rings (SSSR count). The summed E-state index contributed by atoms with van der Waals surface area (Å²) in [6.45, 7) is 7.37. The number of hydrogen-bond donors (Lipinski definition) is 1. The normalized spacial score (nSPS) is 16.2. The maximum atomic E-state index is 11.6. The smallest absolute Gasteiger partial charge is 0.226 e. The van der Waals surface area contributed by atoms with E-state index in [-0.39, 0.29) is 5.91 Å². The summed E-state index contributed by atoms with van der Waals surface area (Å²) in [5.74, 6) is 0.00900. The fourth-order valence-electron chi connectivity index (χ4n) is 2.22. The van der Waals surface area contributed by atoms with Crippen LogP contribution in [0.15, 0.2) is 18.0 Å². The molecule has 19 heavy (non-hydrogen) atoms. The molecule has 4 nitrogen and oxygen atoms in total. The Hall–Kier alpha value is -1.20. The van der Waals surface area contributed by atoms with Crippen LogP contribution in [0, 0.1) is 0 Å². The lowest BCUT2D eigenvalue weighted by molar-refractivity contribution is -0.120.